The molecule has 1 heterocycles. The summed E-state index contributed by atoms with van der Waals surface area (Å²) in [5.74, 6) is -1.82. The first-order valence-corrected chi connectivity index (χ1v) is 16.7. The van der Waals surface area contributed by atoms with Crippen LogP contribution in [0.15, 0.2) is 136 Å². The fourth-order valence-electron chi connectivity index (χ4n) is 5.31. The van der Waals surface area contributed by atoms with Crippen molar-refractivity contribution in [2.45, 2.75) is 17.7 Å². The molecule has 47 heavy (non-hydrogen) atoms. The minimum atomic E-state index is -0.743. The van der Waals surface area contributed by atoms with Crippen molar-refractivity contribution in [2.75, 3.05) is 16.0 Å². The van der Waals surface area contributed by atoms with E-state index in [4.69, 9.17) is 0 Å². The van der Waals surface area contributed by atoms with Gasteiger partial charge in [-0.25, -0.2) is 4.39 Å². The third kappa shape index (κ3) is 7.70. The van der Waals surface area contributed by atoms with Crippen molar-refractivity contribution >= 4 is 68.6 Å². The molecule has 0 radical (unpaired) electrons. The summed E-state index contributed by atoms with van der Waals surface area (Å²) < 4.78 is 15.2. The lowest BCUT2D eigenvalue weighted by Gasteiger charge is -2.25. The second kappa shape index (κ2) is 14.6. The van der Waals surface area contributed by atoms with E-state index in [-0.39, 0.29) is 22.9 Å². The summed E-state index contributed by atoms with van der Waals surface area (Å²) in [7, 11) is 0. The van der Waals surface area contributed by atoms with Crippen molar-refractivity contribution in [3.63, 3.8) is 0 Å². The van der Waals surface area contributed by atoms with Crippen LogP contribution >= 0.6 is 27.7 Å². The lowest BCUT2D eigenvalue weighted by atomic mass is 10.0. The highest BCUT2D eigenvalue weighted by Gasteiger charge is 2.25. The largest absolute Gasteiger partial charge is 0.321 e. The number of amides is 3. The minimum Gasteiger partial charge on any atom is -0.321 e. The first kappa shape index (κ1) is 32.0. The second-order valence-corrected chi connectivity index (χ2v) is 12.8. The van der Waals surface area contributed by atoms with E-state index in [9.17, 15) is 18.8 Å². The third-order valence-electron chi connectivity index (χ3n) is 7.64. The van der Waals surface area contributed by atoms with Crippen LogP contribution in [0.4, 0.5) is 21.5 Å². The number of hydrogen-bond acceptors (Lipinski definition) is 4. The predicted molar refractivity (Wildman–Crippen MR) is 189 cm³/mol. The first-order valence-electron chi connectivity index (χ1n) is 14.9. The summed E-state index contributed by atoms with van der Waals surface area (Å²) in [6.45, 7) is 0. The van der Waals surface area contributed by atoms with Gasteiger partial charge in [-0.1, -0.05) is 76.6 Å². The maximum absolute atomic E-state index is 14.3. The smallest absolute Gasteiger partial charge is 0.272 e. The number of fused-ring (bicyclic) bond motifs is 2. The first-order chi connectivity index (χ1) is 22.9. The number of carbonyl (C=O) groups excluding carboxylic acids is 3. The Labute approximate surface area is 284 Å². The van der Waals surface area contributed by atoms with Gasteiger partial charge in [-0.05, 0) is 96.3 Å². The zero-order chi connectivity index (χ0) is 32.8. The van der Waals surface area contributed by atoms with Gasteiger partial charge in [0.25, 0.3) is 11.8 Å². The summed E-state index contributed by atoms with van der Waals surface area (Å²) in [6.07, 6.45) is 3.25. The molecule has 234 valence electrons. The topological polar surface area (TPSA) is 78.5 Å². The Morgan fingerprint density at radius 2 is 1.36 bits per heavy atom. The van der Waals surface area contributed by atoms with E-state index >= 15 is 0 Å². The molecule has 0 saturated carbocycles. The van der Waals surface area contributed by atoms with Crippen LogP contribution in [0, 0.1) is 5.82 Å². The van der Waals surface area contributed by atoms with E-state index in [1.54, 1.807) is 30.3 Å². The van der Waals surface area contributed by atoms with Crippen molar-refractivity contribution in [1.29, 1.82) is 0 Å². The average Bonchev–Trinajstić information content (AvgIpc) is 3.25. The molecule has 0 saturated heterocycles. The molecule has 0 unspecified atom stereocenters. The fraction of sp³-hybridized carbons (Fsp3) is 0.0789. The van der Waals surface area contributed by atoms with Gasteiger partial charge in [0.05, 0.1) is 22.7 Å². The second-order valence-electron chi connectivity index (χ2n) is 10.8. The molecule has 1 aliphatic rings. The molecular formula is C38H29BrFN3O3S. The van der Waals surface area contributed by atoms with Gasteiger partial charge in [-0.15, -0.1) is 11.8 Å². The van der Waals surface area contributed by atoms with E-state index < -0.39 is 17.6 Å². The van der Waals surface area contributed by atoms with Crippen molar-refractivity contribution in [2.24, 2.45) is 0 Å². The molecule has 2 N–H and O–H groups in total. The number of nitrogens with zero attached hydrogens (tertiary/aromatic N) is 1. The molecular weight excluding hydrogens is 677 g/mol. The molecule has 0 fully saturated rings. The lowest BCUT2D eigenvalue weighted by Crippen LogP contribution is -2.31. The van der Waals surface area contributed by atoms with Gasteiger partial charge in [0, 0.05) is 15.1 Å². The Morgan fingerprint density at radius 1 is 0.766 bits per heavy atom. The van der Waals surface area contributed by atoms with Gasteiger partial charge in [0.2, 0.25) is 5.91 Å². The number of anilines is 3. The van der Waals surface area contributed by atoms with Crippen molar-refractivity contribution in [1.82, 2.24) is 5.32 Å². The quantitative estimate of drug-likeness (QED) is 0.125. The zero-order valence-electron chi connectivity index (χ0n) is 25.1. The number of carbonyl (C=O) groups is 3. The molecule has 0 bridgehead atoms. The summed E-state index contributed by atoms with van der Waals surface area (Å²) in [4.78, 5) is 42.7. The maximum atomic E-state index is 14.3. The van der Waals surface area contributed by atoms with Crippen LogP contribution in [0.5, 0.6) is 0 Å². The highest BCUT2D eigenvalue weighted by molar-refractivity contribution is 9.10. The third-order valence-corrected chi connectivity index (χ3v) is 9.17. The SMILES string of the molecule is O=C(Nc1ccc(SCC(=O)N2c3ccccc3CCc3ccccc32)cc1)/C(=C\c1ccc(Br)cc1)NC(=O)c1ccccc1F. The molecule has 6 rings (SSSR count). The van der Waals surface area contributed by atoms with E-state index in [2.05, 4.69) is 38.7 Å². The average molecular weight is 707 g/mol. The van der Waals surface area contributed by atoms with E-state index in [1.165, 1.54) is 36.0 Å². The Morgan fingerprint density at radius 3 is 2.00 bits per heavy atom. The molecule has 5 aromatic rings. The molecule has 3 amide bonds. The van der Waals surface area contributed by atoms with Crippen LogP contribution in [-0.4, -0.2) is 23.5 Å². The summed E-state index contributed by atoms with van der Waals surface area (Å²) >= 11 is 4.80. The van der Waals surface area contributed by atoms with Crippen molar-refractivity contribution in [3.8, 4) is 0 Å². The minimum absolute atomic E-state index is 0.0255. The number of hydrogen-bond donors (Lipinski definition) is 2. The van der Waals surface area contributed by atoms with E-state index in [0.29, 0.717) is 11.3 Å². The maximum Gasteiger partial charge on any atom is 0.272 e. The van der Waals surface area contributed by atoms with Gasteiger partial charge >= 0.3 is 0 Å². The normalized spacial score (nSPS) is 12.4. The van der Waals surface area contributed by atoms with E-state index in [0.717, 1.165) is 44.7 Å². The molecule has 9 heteroatoms. The summed E-state index contributed by atoms with van der Waals surface area (Å²) in [6, 6.07) is 35.9. The van der Waals surface area contributed by atoms with Gasteiger partial charge in [-0.2, -0.15) is 0 Å². The number of para-hydroxylation sites is 2. The Bertz CT molecular complexity index is 1930. The zero-order valence-corrected chi connectivity index (χ0v) is 27.5. The molecule has 6 nitrogen and oxygen atoms in total. The van der Waals surface area contributed by atoms with Crippen LogP contribution in [0.3, 0.4) is 0 Å². The monoisotopic (exact) mass is 705 g/mol. The number of aryl methyl sites for hydroxylation is 2. The highest BCUT2D eigenvalue weighted by Crippen LogP contribution is 2.37. The van der Waals surface area contributed by atoms with Gasteiger partial charge in [0.1, 0.15) is 11.5 Å². The molecule has 0 aromatic heterocycles. The summed E-state index contributed by atoms with van der Waals surface area (Å²) in [5, 5.41) is 5.37. The number of rotatable bonds is 8. The lowest BCUT2D eigenvalue weighted by molar-refractivity contribution is -0.115. The van der Waals surface area contributed by atoms with Crippen LogP contribution in [-0.2, 0) is 22.4 Å². The molecule has 5 aromatic carbocycles. The Balaban J connectivity index is 1.15. The van der Waals surface area contributed by atoms with Gasteiger partial charge in [-0.3, -0.25) is 19.3 Å². The van der Waals surface area contributed by atoms with Gasteiger partial charge < -0.3 is 10.6 Å². The predicted octanol–water partition coefficient (Wildman–Crippen LogP) is 8.55. The van der Waals surface area contributed by atoms with Crippen molar-refractivity contribution < 1.29 is 18.8 Å². The molecule has 1 aliphatic heterocycles. The summed E-state index contributed by atoms with van der Waals surface area (Å²) in [5.41, 5.74) is 5.03. The van der Waals surface area contributed by atoms with Crippen molar-refractivity contribution in [3.05, 3.63) is 160 Å². The number of halogens is 2. The standard InChI is InChI=1S/C38H29BrFN3O3S/c39-28-17-13-25(14-18-28)23-33(42-37(45)31-9-3-4-10-32(31)40)38(46)41-29-19-21-30(22-20-29)47-24-36(44)43-34-11-5-1-7-26(34)15-16-27-8-2-6-12-35(27)43/h1-14,17-23H,15-16,24H2,(H,41,46)(H,42,45)/b33-23+. The van der Waals surface area contributed by atoms with Crippen LogP contribution in [0.1, 0.15) is 27.0 Å². The number of benzene rings is 5. The number of thioether (sulfide) groups is 1. The fourth-order valence-corrected chi connectivity index (χ4v) is 6.32. The highest BCUT2D eigenvalue weighted by atomic mass is 79.9. The molecule has 0 aliphatic carbocycles. The number of nitrogens with one attached hydrogen (secondary N) is 2. The Kier molecular flexibility index (Phi) is 9.94. The van der Waals surface area contributed by atoms with Crippen LogP contribution in [0.2, 0.25) is 0 Å². The van der Waals surface area contributed by atoms with Crippen LogP contribution in [0.25, 0.3) is 6.08 Å². The Hall–Kier alpha value is -4.99. The van der Waals surface area contributed by atoms with E-state index in [1.807, 2.05) is 65.6 Å². The molecule has 0 spiro atoms. The van der Waals surface area contributed by atoms with Crippen LogP contribution < -0.4 is 15.5 Å². The van der Waals surface area contributed by atoms with Gasteiger partial charge in [0.15, 0.2) is 0 Å². The molecule has 0 atom stereocenters.